The lowest BCUT2D eigenvalue weighted by Crippen LogP contribution is -2.36. The first kappa shape index (κ1) is 13.4. The Labute approximate surface area is 107 Å². The van der Waals surface area contributed by atoms with Gasteiger partial charge in [0.2, 0.25) is 0 Å². The number of alkyl halides is 3. The summed E-state index contributed by atoms with van der Waals surface area (Å²) in [5.41, 5.74) is -0.532. The fourth-order valence-electron chi connectivity index (χ4n) is 1.53. The molecule has 1 aliphatic heterocycles. The molecule has 0 bridgehead atoms. The number of benzene rings is 1. The molecule has 2 N–H and O–H groups in total. The van der Waals surface area contributed by atoms with Crippen LogP contribution in [0.25, 0.3) is 0 Å². The van der Waals surface area contributed by atoms with Crippen LogP contribution in [0.3, 0.4) is 0 Å². The minimum Gasteiger partial charge on any atom is -0.423 e. The average Bonchev–Trinajstić information content (AvgIpc) is 2.39. The molecule has 7 heteroatoms. The highest BCUT2D eigenvalue weighted by atomic mass is 19.4. The smallest absolute Gasteiger partial charge is 0.416 e. The summed E-state index contributed by atoms with van der Waals surface area (Å²) in [5.74, 6) is -0.815. The first-order valence-electron chi connectivity index (χ1n) is 5.49. The van der Waals surface area contributed by atoms with Gasteiger partial charge in [-0.25, -0.2) is 4.79 Å². The van der Waals surface area contributed by atoms with Crippen molar-refractivity contribution in [2.24, 2.45) is 0 Å². The fraction of sp³-hybridized carbons (Fsp3) is 0.250. The van der Waals surface area contributed by atoms with E-state index < -0.39 is 17.7 Å². The number of rotatable bonds is 2. The van der Waals surface area contributed by atoms with Gasteiger partial charge >= 0.3 is 12.1 Å². The lowest BCUT2D eigenvalue weighted by Gasteiger charge is -2.15. The van der Waals surface area contributed by atoms with Gasteiger partial charge in [0.25, 0.3) is 0 Å². The van der Waals surface area contributed by atoms with Crippen LogP contribution < -0.4 is 15.4 Å². The van der Waals surface area contributed by atoms with E-state index in [-0.39, 0.29) is 5.75 Å². The second-order valence-electron chi connectivity index (χ2n) is 3.89. The maximum atomic E-state index is 12.5. The molecule has 0 unspecified atom stereocenters. The van der Waals surface area contributed by atoms with Gasteiger partial charge in [0.1, 0.15) is 5.75 Å². The second kappa shape index (κ2) is 5.31. The fourth-order valence-corrected chi connectivity index (χ4v) is 1.53. The maximum Gasteiger partial charge on any atom is 0.416 e. The molecule has 1 aromatic rings. The van der Waals surface area contributed by atoms with Crippen molar-refractivity contribution in [3.05, 3.63) is 41.6 Å². The zero-order valence-electron chi connectivity index (χ0n) is 9.75. The highest BCUT2D eigenvalue weighted by Gasteiger charge is 2.30. The van der Waals surface area contributed by atoms with Crippen molar-refractivity contribution in [3.8, 4) is 5.75 Å². The highest BCUT2D eigenvalue weighted by molar-refractivity contribution is 5.90. The predicted octanol–water partition coefficient (Wildman–Crippen LogP) is 1.64. The Hall–Kier alpha value is -2.02. The summed E-state index contributed by atoms with van der Waals surface area (Å²) >= 11 is 0. The molecule has 0 spiro atoms. The Kier molecular flexibility index (Phi) is 3.75. The molecule has 0 radical (unpaired) electrons. The molecular weight excluding hydrogens is 261 g/mol. The van der Waals surface area contributed by atoms with Gasteiger partial charge in [-0.05, 0) is 18.2 Å². The second-order valence-corrected chi connectivity index (χ2v) is 3.89. The average molecular weight is 272 g/mol. The summed E-state index contributed by atoms with van der Waals surface area (Å²) in [6.45, 7) is 0.838. The van der Waals surface area contributed by atoms with Crippen molar-refractivity contribution in [1.82, 2.24) is 10.6 Å². The van der Waals surface area contributed by atoms with Crippen molar-refractivity contribution < 1.29 is 22.7 Å². The number of ether oxygens (including phenoxy) is 1. The third kappa shape index (κ3) is 3.47. The molecule has 0 saturated carbocycles. The molecule has 0 atom stereocenters. The molecule has 0 aromatic heterocycles. The Morgan fingerprint density at radius 3 is 2.74 bits per heavy atom. The molecule has 19 heavy (non-hydrogen) atoms. The van der Waals surface area contributed by atoms with Crippen LogP contribution in [0, 0.1) is 0 Å². The summed E-state index contributed by atoms with van der Waals surface area (Å²) in [5, 5.41) is 5.66. The van der Waals surface area contributed by atoms with Crippen molar-refractivity contribution in [3.63, 3.8) is 0 Å². The van der Waals surface area contributed by atoms with Crippen LogP contribution in [-0.2, 0) is 11.0 Å². The first-order valence-corrected chi connectivity index (χ1v) is 5.49. The van der Waals surface area contributed by atoms with Crippen molar-refractivity contribution in [2.45, 2.75) is 6.18 Å². The number of hydrogen-bond donors (Lipinski definition) is 2. The minimum absolute atomic E-state index is 0.133. The zero-order valence-corrected chi connectivity index (χ0v) is 9.75. The third-order valence-electron chi connectivity index (χ3n) is 2.45. The lowest BCUT2D eigenvalue weighted by atomic mass is 10.2. The number of nitrogens with one attached hydrogen (secondary N) is 2. The standard InChI is InChI=1S/C12H11F3N2O2/c13-12(14,15)9-2-1-3-10(4-9)19-11(18)8-5-16-7-17-6-8/h1-5,16-17H,6-7H2. The van der Waals surface area contributed by atoms with Crippen molar-refractivity contribution in [1.29, 1.82) is 0 Å². The number of esters is 1. The summed E-state index contributed by atoms with van der Waals surface area (Å²) in [4.78, 5) is 11.7. The number of hydrogen-bond acceptors (Lipinski definition) is 4. The van der Waals surface area contributed by atoms with Gasteiger partial charge in [-0.15, -0.1) is 0 Å². The normalized spacial score (nSPS) is 15.4. The van der Waals surface area contributed by atoms with Gasteiger partial charge in [-0.3, -0.25) is 5.32 Å². The monoisotopic (exact) mass is 272 g/mol. The van der Waals surface area contributed by atoms with Gasteiger partial charge in [0, 0.05) is 12.7 Å². The van der Waals surface area contributed by atoms with Crippen LogP contribution in [0.5, 0.6) is 5.75 Å². The Morgan fingerprint density at radius 2 is 2.11 bits per heavy atom. The van der Waals surface area contributed by atoms with Crippen LogP contribution in [0.4, 0.5) is 13.2 Å². The molecular formula is C12H11F3N2O2. The van der Waals surface area contributed by atoms with E-state index in [4.69, 9.17) is 4.74 Å². The Morgan fingerprint density at radius 1 is 1.32 bits per heavy atom. The van der Waals surface area contributed by atoms with Crippen LogP contribution in [0.2, 0.25) is 0 Å². The molecule has 2 rings (SSSR count). The number of carbonyl (C=O) groups is 1. The van der Waals surface area contributed by atoms with Gasteiger partial charge in [0.05, 0.1) is 17.8 Å². The summed E-state index contributed by atoms with van der Waals surface area (Å²) < 4.78 is 42.4. The van der Waals surface area contributed by atoms with E-state index in [1.165, 1.54) is 18.3 Å². The topological polar surface area (TPSA) is 50.4 Å². The molecule has 0 fully saturated rings. The van der Waals surface area contributed by atoms with E-state index in [1.54, 1.807) is 0 Å². The van der Waals surface area contributed by atoms with Gasteiger partial charge in [-0.1, -0.05) is 6.07 Å². The molecule has 0 amide bonds. The van der Waals surface area contributed by atoms with E-state index >= 15 is 0 Å². The van der Waals surface area contributed by atoms with Gasteiger partial charge < -0.3 is 10.1 Å². The van der Waals surface area contributed by atoms with Crippen LogP contribution in [0.15, 0.2) is 36.0 Å². The van der Waals surface area contributed by atoms with Crippen LogP contribution >= 0.6 is 0 Å². The molecule has 1 aliphatic rings. The van der Waals surface area contributed by atoms with Crippen molar-refractivity contribution >= 4 is 5.97 Å². The predicted molar refractivity (Wildman–Crippen MR) is 61.2 cm³/mol. The first-order chi connectivity index (χ1) is 8.97. The van der Waals surface area contributed by atoms with E-state index in [2.05, 4.69) is 10.6 Å². The zero-order chi connectivity index (χ0) is 13.9. The maximum absolute atomic E-state index is 12.5. The number of halogens is 3. The summed E-state index contributed by atoms with van der Waals surface area (Å²) in [6, 6.07) is 4.21. The molecule has 4 nitrogen and oxygen atoms in total. The molecule has 0 saturated heterocycles. The van der Waals surface area contributed by atoms with Crippen LogP contribution in [-0.4, -0.2) is 19.2 Å². The lowest BCUT2D eigenvalue weighted by molar-refractivity contribution is -0.138. The van der Waals surface area contributed by atoms with Crippen molar-refractivity contribution in [2.75, 3.05) is 13.2 Å². The Bertz CT molecular complexity index is 512. The van der Waals surface area contributed by atoms with E-state index in [0.29, 0.717) is 18.8 Å². The van der Waals surface area contributed by atoms with E-state index in [9.17, 15) is 18.0 Å². The summed E-state index contributed by atoms with van der Waals surface area (Å²) in [6.07, 6.45) is -2.98. The highest BCUT2D eigenvalue weighted by Crippen LogP contribution is 2.31. The minimum atomic E-state index is -4.46. The number of carbonyl (C=O) groups excluding carboxylic acids is 1. The van der Waals surface area contributed by atoms with E-state index in [0.717, 1.165) is 12.1 Å². The Balaban J connectivity index is 2.11. The van der Waals surface area contributed by atoms with Crippen LogP contribution in [0.1, 0.15) is 5.56 Å². The summed E-state index contributed by atoms with van der Waals surface area (Å²) in [7, 11) is 0. The van der Waals surface area contributed by atoms with Gasteiger partial charge in [0.15, 0.2) is 0 Å². The molecule has 0 aliphatic carbocycles. The van der Waals surface area contributed by atoms with Gasteiger partial charge in [-0.2, -0.15) is 13.2 Å². The largest absolute Gasteiger partial charge is 0.423 e. The quantitative estimate of drug-likeness (QED) is 0.635. The molecule has 1 heterocycles. The van der Waals surface area contributed by atoms with E-state index in [1.807, 2.05) is 0 Å². The molecule has 102 valence electrons. The molecule has 1 aromatic carbocycles. The third-order valence-corrected chi connectivity index (χ3v) is 2.45. The SMILES string of the molecule is O=C(Oc1cccc(C(F)(F)F)c1)C1=CNCNC1.